The average Bonchev–Trinajstić information content (AvgIpc) is 3.49. The SMILES string of the molecule is Cc1ccc(-n2nc(C3CCN(SCCC(F)(F)F)CC3)cc2NC(=O)c2cnn3cccnc23)cc1. The van der Waals surface area contributed by atoms with E-state index in [2.05, 4.69) is 15.4 Å². The lowest BCUT2D eigenvalue weighted by Crippen LogP contribution is -2.28. The van der Waals surface area contributed by atoms with Crippen LogP contribution >= 0.6 is 11.9 Å². The third kappa shape index (κ3) is 5.96. The van der Waals surface area contributed by atoms with Crippen LogP contribution in [0.3, 0.4) is 0 Å². The monoisotopic (exact) mass is 529 g/mol. The zero-order valence-electron chi connectivity index (χ0n) is 20.1. The predicted octanol–water partition coefficient (Wildman–Crippen LogP) is 5.26. The molecular weight excluding hydrogens is 503 g/mol. The van der Waals surface area contributed by atoms with Gasteiger partial charge < -0.3 is 5.32 Å². The van der Waals surface area contributed by atoms with Gasteiger partial charge >= 0.3 is 6.18 Å². The van der Waals surface area contributed by atoms with Crippen LogP contribution < -0.4 is 5.32 Å². The normalized spacial score (nSPS) is 15.4. The lowest BCUT2D eigenvalue weighted by Gasteiger charge is -2.30. The quantitative estimate of drug-likeness (QED) is 0.329. The number of halogens is 3. The van der Waals surface area contributed by atoms with Gasteiger partial charge in [-0.25, -0.2) is 14.2 Å². The summed E-state index contributed by atoms with van der Waals surface area (Å²) in [5.41, 5.74) is 3.56. The van der Waals surface area contributed by atoms with Crippen molar-refractivity contribution in [2.24, 2.45) is 0 Å². The number of aromatic nitrogens is 5. The number of benzene rings is 1. The van der Waals surface area contributed by atoms with Crippen molar-refractivity contribution in [2.75, 3.05) is 24.2 Å². The van der Waals surface area contributed by atoms with Crippen LogP contribution in [0.1, 0.15) is 46.8 Å². The predicted molar refractivity (Wildman–Crippen MR) is 136 cm³/mol. The molecule has 0 bridgehead atoms. The van der Waals surface area contributed by atoms with Gasteiger partial charge in [0.05, 0.1) is 24.0 Å². The number of hydrogen-bond acceptors (Lipinski definition) is 6. The summed E-state index contributed by atoms with van der Waals surface area (Å²) < 4.78 is 42.7. The molecule has 1 aromatic carbocycles. The Labute approximate surface area is 216 Å². The second-order valence-electron chi connectivity index (χ2n) is 9.00. The lowest BCUT2D eigenvalue weighted by molar-refractivity contribution is -0.129. The highest BCUT2D eigenvalue weighted by Gasteiger charge is 2.29. The zero-order valence-corrected chi connectivity index (χ0v) is 21.0. The molecule has 1 fully saturated rings. The highest BCUT2D eigenvalue weighted by atomic mass is 32.2. The Balaban J connectivity index is 1.34. The second kappa shape index (κ2) is 10.5. The summed E-state index contributed by atoms with van der Waals surface area (Å²) in [6.07, 6.45) is 1.44. The summed E-state index contributed by atoms with van der Waals surface area (Å²) in [5.74, 6) is 0.358. The van der Waals surface area contributed by atoms with Gasteiger partial charge in [-0.1, -0.05) is 29.6 Å². The fourth-order valence-corrected chi connectivity index (χ4v) is 5.36. The minimum Gasteiger partial charge on any atom is -0.306 e. The highest BCUT2D eigenvalue weighted by molar-refractivity contribution is 7.97. The number of alkyl halides is 3. The van der Waals surface area contributed by atoms with Gasteiger partial charge in [-0.05, 0) is 38.0 Å². The van der Waals surface area contributed by atoms with Crippen molar-refractivity contribution in [2.45, 2.75) is 38.3 Å². The Kier molecular flexibility index (Phi) is 7.20. The summed E-state index contributed by atoms with van der Waals surface area (Å²) >= 11 is 1.25. The first kappa shape index (κ1) is 25.3. The van der Waals surface area contributed by atoms with E-state index in [0.717, 1.165) is 29.8 Å². The van der Waals surface area contributed by atoms with Gasteiger partial charge in [-0.2, -0.15) is 23.4 Å². The van der Waals surface area contributed by atoms with E-state index in [1.54, 1.807) is 23.1 Å². The summed E-state index contributed by atoms with van der Waals surface area (Å²) in [5, 5.41) is 12.0. The molecule has 0 saturated carbocycles. The standard InChI is InChI=1S/C25H26F3N7OS/c1-17-3-5-19(6-4-17)35-22(31-24(36)20-16-30-34-11-2-10-29-23(20)34)15-21(32-35)18-7-12-33(13-8-18)37-14-9-25(26,27)28/h2-6,10-11,15-16,18H,7-9,12-14H2,1H3,(H,31,36). The van der Waals surface area contributed by atoms with Gasteiger partial charge in [0.1, 0.15) is 11.4 Å². The Bertz CT molecular complexity index is 1380. The van der Waals surface area contributed by atoms with Crippen LogP contribution in [-0.4, -0.2) is 59.6 Å². The molecule has 0 aliphatic carbocycles. The Morgan fingerprint density at radius 3 is 2.68 bits per heavy atom. The summed E-state index contributed by atoms with van der Waals surface area (Å²) in [6, 6.07) is 11.5. The molecule has 194 valence electrons. The number of anilines is 1. The Morgan fingerprint density at radius 2 is 1.95 bits per heavy atom. The van der Waals surface area contributed by atoms with E-state index in [1.165, 1.54) is 22.7 Å². The van der Waals surface area contributed by atoms with E-state index in [0.29, 0.717) is 30.1 Å². The molecule has 0 atom stereocenters. The number of carbonyl (C=O) groups is 1. The van der Waals surface area contributed by atoms with Crippen molar-refractivity contribution in [1.82, 2.24) is 28.7 Å². The van der Waals surface area contributed by atoms with Crippen LogP contribution in [-0.2, 0) is 0 Å². The van der Waals surface area contributed by atoms with E-state index >= 15 is 0 Å². The molecule has 0 unspecified atom stereocenters. The number of rotatable bonds is 7. The van der Waals surface area contributed by atoms with E-state index in [1.807, 2.05) is 41.6 Å². The maximum absolute atomic E-state index is 13.2. The van der Waals surface area contributed by atoms with Crippen LogP contribution in [0, 0.1) is 6.92 Å². The molecule has 3 aromatic heterocycles. The molecule has 0 radical (unpaired) electrons. The van der Waals surface area contributed by atoms with Crippen molar-refractivity contribution in [1.29, 1.82) is 0 Å². The van der Waals surface area contributed by atoms with Crippen LogP contribution in [0.2, 0.25) is 0 Å². The maximum Gasteiger partial charge on any atom is 0.389 e. The molecular formula is C25H26F3N7OS. The number of hydrogen-bond donors (Lipinski definition) is 1. The molecule has 0 spiro atoms. The molecule has 4 aromatic rings. The number of carbonyl (C=O) groups excluding carboxylic acids is 1. The van der Waals surface area contributed by atoms with Gasteiger partial charge in [0, 0.05) is 43.2 Å². The van der Waals surface area contributed by atoms with Crippen LogP contribution in [0.4, 0.5) is 19.0 Å². The van der Waals surface area contributed by atoms with Gasteiger partial charge in [-0.3, -0.25) is 9.10 Å². The third-order valence-corrected chi connectivity index (χ3v) is 7.42. The second-order valence-corrected chi connectivity index (χ2v) is 10.2. The molecule has 1 aliphatic rings. The fourth-order valence-electron chi connectivity index (χ4n) is 4.31. The third-order valence-electron chi connectivity index (χ3n) is 6.30. The molecule has 12 heteroatoms. The summed E-state index contributed by atoms with van der Waals surface area (Å²) in [7, 11) is 0. The number of fused-ring (bicyclic) bond motifs is 1. The Morgan fingerprint density at radius 1 is 1.19 bits per heavy atom. The number of piperidine rings is 1. The van der Waals surface area contributed by atoms with Crippen molar-refractivity contribution in [3.05, 3.63) is 71.8 Å². The molecule has 1 N–H and O–H groups in total. The van der Waals surface area contributed by atoms with E-state index in [9.17, 15) is 18.0 Å². The molecule has 5 rings (SSSR count). The number of aryl methyl sites for hydroxylation is 1. The molecule has 4 heterocycles. The van der Waals surface area contributed by atoms with Gasteiger partial charge in [0.2, 0.25) is 0 Å². The van der Waals surface area contributed by atoms with Crippen LogP contribution in [0.5, 0.6) is 0 Å². The fraction of sp³-hybridized carbons (Fsp3) is 0.360. The zero-order chi connectivity index (χ0) is 26.0. The minimum atomic E-state index is -4.13. The van der Waals surface area contributed by atoms with E-state index < -0.39 is 12.6 Å². The number of nitrogens with one attached hydrogen (secondary N) is 1. The first-order valence-electron chi connectivity index (χ1n) is 12.0. The highest BCUT2D eigenvalue weighted by Crippen LogP contribution is 2.33. The Hall–Kier alpha value is -3.38. The van der Waals surface area contributed by atoms with Gasteiger partial charge in [0.25, 0.3) is 5.91 Å². The molecule has 1 aliphatic heterocycles. The van der Waals surface area contributed by atoms with Crippen molar-refractivity contribution < 1.29 is 18.0 Å². The van der Waals surface area contributed by atoms with Gasteiger partial charge in [0.15, 0.2) is 5.65 Å². The average molecular weight is 530 g/mol. The van der Waals surface area contributed by atoms with Crippen molar-refractivity contribution >= 4 is 29.3 Å². The topological polar surface area (TPSA) is 80.4 Å². The van der Waals surface area contributed by atoms with E-state index in [4.69, 9.17) is 5.10 Å². The summed E-state index contributed by atoms with van der Waals surface area (Å²) in [6.45, 7) is 3.36. The molecule has 37 heavy (non-hydrogen) atoms. The van der Waals surface area contributed by atoms with Gasteiger partial charge in [-0.15, -0.1) is 0 Å². The van der Waals surface area contributed by atoms with Crippen molar-refractivity contribution in [3.8, 4) is 5.69 Å². The molecule has 8 nitrogen and oxygen atoms in total. The maximum atomic E-state index is 13.2. The van der Waals surface area contributed by atoms with Crippen molar-refractivity contribution in [3.63, 3.8) is 0 Å². The molecule has 1 amide bonds. The first-order chi connectivity index (χ1) is 17.8. The summed E-state index contributed by atoms with van der Waals surface area (Å²) in [4.78, 5) is 17.5. The van der Waals surface area contributed by atoms with E-state index in [-0.39, 0.29) is 17.6 Å². The smallest absolute Gasteiger partial charge is 0.306 e. The lowest BCUT2D eigenvalue weighted by atomic mass is 9.95. The first-order valence-corrected chi connectivity index (χ1v) is 12.9. The number of nitrogens with zero attached hydrogens (tertiary/aromatic N) is 6. The molecule has 1 saturated heterocycles. The van der Waals surface area contributed by atoms with Crippen LogP contribution in [0.15, 0.2) is 55.0 Å². The minimum absolute atomic E-state index is 0.0325. The number of amides is 1. The van der Waals surface area contributed by atoms with Crippen LogP contribution in [0.25, 0.3) is 11.3 Å². The largest absolute Gasteiger partial charge is 0.389 e.